The Morgan fingerprint density at radius 2 is 1.77 bits per heavy atom. The van der Waals surface area contributed by atoms with Crippen molar-refractivity contribution >= 4 is 23.2 Å². The Morgan fingerprint density at radius 3 is 2.52 bits per heavy atom. The third kappa shape index (κ3) is 5.24. The minimum absolute atomic E-state index is 0.195. The Hall–Kier alpha value is -2.90. The minimum atomic E-state index is -0.195. The third-order valence-corrected chi connectivity index (χ3v) is 5.83. The number of carbonyl (C=O) groups is 1. The van der Waals surface area contributed by atoms with E-state index in [4.69, 9.17) is 11.6 Å². The highest BCUT2D eigenvalue weighted by Gasteiger charge is 2.19. The number of amides is 1. The van der Waals surface area contributed by atoms with Crippen LogP contribution in [0.1, 0.15) is 22.6 Å². The van der Waals surface area contributed by atoms with Gasteiger partial charge in [0.15, 0.2) is 5.69 Å². The lowest BCUT2D eigenvalue weighted by Gasteiger charge is -2.36. The molecule has 1 fully saturated rings. The number of nitrogens with zero attached hydrogens (tertiary/aromatic N) is 5. The van der Waals surface area contributed by atoms with Crippen LogP contribution in [-0.4, -0.2) is 65.1 Å². The summed E-state index contributed by atoms with van der Waals surface area (Å²) in [5.41, 5.74) is 3.11. The van der Waals surface area contributed by atoms with Gasteiger partial charge in [-0.25, -0.2) is 4.68 Å². The van der Waals surface area contributed by atoms with Crippen molar-refractivity contribution in [2.75, 3.05) is 44.2 Å². The smallest absolute Gasteiger partial charge is 0.273 e. The maximum atomic E-state index is 12.6. The highest BCUT2D eigenvalue weighted by molar-refractivity contribution is 6.30. The molecule has 2 heterocycles. The summed E-state index contributed by atoms with van der Waals surface area (Å²) in [7, 11) is 0. The molecule has 0 atom stereocenters. The van der Waals surface area contributed by atoms with E-state index in [-0.39, 0.29) is 5.91 Å². The predicted octanol–water partition coefficient (Wildman–Crippen LogP) is 3.17. The number of rotatable bonds is 7. The fourth-order valence-electron chi connectivity index (χ4n) is 3.85. The zero-order chi connectivity index (χ0) is 21.6. The van der Waals surface area contributed by atoms with Crippen molar-refractivity contribution in [3.63, 3.8) is 0 Å². The van der Waals surface area contributed by atoms with Crippen molar-refractivity contribution in [3.8, 4) is 5.69 Å². The van der Waals surface area contributed by atoms with Crippen molar-refractivity contribution in [1.82, 2.24) is 25.2 Å². The summed E-state index contributed by atoms with van der Waals surface area (Å²) in [4.78, 5) is 17.4. The van der Waals surface area contributed by atoms with Crippen LogP contribution in [0.4, 0.5) is 5.69 Å². The number of anilines is 1. The summed E-state index contributed by atoms with van der Waals surface area (Å²) in [6, 6.07) is 17.9. The van der Waals surface area contributed by atoms with Crippen LogP contribution in [0.25, 0.3) is 5.69 Å². The van der Waals surface area contributed by atoms with Gasteiger partial charge in [0, 0.05) is 43.4 Å². The fraction of sp³-hybridized carbons (Fsp3) is 0.348. The van der Waals surface area contributed by atoms with Crippen LogP contribution in [-0.2, 0) is 0 Å². The van der Waals surface area contributed by atoms with Crippen LogP contribution in [0.3, 0.4) is 0 Å². The van der Waals surface area contributed by atoms with Crippen LogP contribution in [0, 0.1) is 6.92 Å². The Labute approximate surface area is 187 Å². The van der Waals surface area contributed by atoms with Crippen molar-refractivity contribution in [3.05, 3.63) is 71.0 Å². The first kappa shape index (κ1) is 21.3. The number of benzene rings is 2. The number of carbonyl (C=O) groups excluding carboxylic acids is 1. The molecule has 8 heteroatoms. The van der Waals surface area contributed by atoms with Gasteiger partial charge in [-0.05, 0) is 50.2 Å². The standard InChI is InChI=1S/C23H27ClN6O/c1-18-22(26-27-30(18)21-10-5-7-19(24)17-21)23(31)25-11-6-12-28-13-15-29(16-14-28)20-8-3-2-4-9-20/h2-5,7-10,17H,6,11-16H2,1H3,(H,25,31). The number of hydrogen-bond acceptors (Lipinski definition) is 5. The summed E-state index contributed by atoms with van der Waals surface area (Å²) < 4.78 is 1.63. The highest BCUT2D eigenvalue weighted by atomic mass is 35.5. The van der Waals surface area contributed by atoms with Gasteiger partial charge < -0.3 is 10.2 Å². The van der Waals surface area contributed by atoms with E-state index in [9.17, 15) is 4.79 Å². The summed E-state index contributed by atoms with van der Waals surface area (Å²) in [6.07, 6.45) is 0.901. The minimum Gasteiger partial charge on any atom is -0.369 e. The van der Waals surface area contributed by atoms with E-state index in [1.807, 2.05) is 25.1 Å². The first-order valence-corrected chi connectivity index (χ1v) is 11.0. The number of halogens is 1. The van der Waals surface area contributed by atoms with Crippen molar-refractivity contribution in [2.24, 2.45) is 0 Å². The van der Waals surface area contributed by atoms with Gasteiger partial charge in [0.05, 0.1) is 11.4 Å². The molecule has 1 aromatic heterocycles. The van der Waals surface area contributed by atoms with E-state index in [2.05, 4.69) is 49.7 Å². The maximum Gasteiger partial charge on any atom is 0.273 e. The van der Waals surface area contributed by atoms with Crippen LogP contribution in [0.2, 0.25) is 5.02 Å². The zero-order valence-electron chi connectivity index (χ0n) is 17.7. The molecule has 0 aliphatic carbocycles. The monoisotopic (exact) mass is 438 g/mol. The molecule has 1 aliphatic rings. The van der Waals surface area contributed by atoms with Crippen molar-refractivity contribution in [1.29, 1.82) is 0 Å². The quantitative estimate of drug-likeness (QED) is 0.574. The van der Waals surface area contributed by atoms with Crippen molar-refractivity contribution in [2.45, 2.75) is 13.3 Å². The van der Waals surface area contributed by atoms with Gasteiger partial charge in [-0.3, -0.25) is 9.69 Å². The molecule has 1 aliphatic heterocycles. The van der Waals surface area contributed by atoms with E-state index in [1.54, 1.807) is 16.8 Å². The Kier molecular flexibility index (Phi) is 6.84. The van der Waals surface area contributed by atoms with E-state index in [0.29, 0.717) is 23.0 Å². The highest BCUT2D eigenvalue weighted by Crippen LogP contribution is 2.17. The van der Waals surface area contributed by atoms with Gasteiger partial charge in [0.1, 0.15) is 0 Å². The molecule has 0 radical (unpaired) electrons. The molecule has 0 saturated carbocycles. The number of piperazine rings is 1. The van der Waals surface area contributed by atoms with E-state index < -0.39 is 0 Å². The average molecular weight is 439 g/mol. The van der Waals surface area contributed by atoms with E-state index in [1.165, 1.54) is 5.69 Å². The fourth-order valence-corrected chi connectivity index (χ4v) is 4.03. The lowest BCUT2D eigenvalue weighted by molar-refractivity contribution is 0.0945. The SMILES string of the molecule is Cc1c(C(=O)NCCCN2CCN(c3ccccc3)CC2)nnn1-c1cccc(Cl)c1. The Bertz CT molecular complexity index is 1010. The summed E-state index contributed by atoms with van der Waals surface area (Å²) in [5, 5.41) is 11.8. The summed E-state index contributed by atoms with van der Waals surface area (Å²) in [5.74, 6) is -0.195. The van der Waals surface area contributed by atoms with Gasteiger partial charge in [-0.15, -0.1) is 5.10 Å². The topological polar surface area (TPSA) is 66.3 Å². The molecule has 162 valence electrons. The van der Waals surface area contributed by atoms with Gasteiger partial charge >= 0.3 is 0 Å². The van der Waals surface area contributed by atoms with Crippen molar-refractivity contribution < 1.29 is 4.79 Å². The zero-order valence-corrected chi connectivity index (χ0v) is 18.4. The molecule has 7 nitrogen and oxygen atoms in total. The lowest BCUT2D eigenvalue weighted by Crippen LogP contribution is -2.47. The Balaban J connectivity index is 1.22. The van der Waals surface area contributed by atoms with Crippen LogP contribution < -0.4 is 10.2 Å². The molecule has 3 aromatic rings. The molecular weight excluding hydrogens is 412 g/mol. The maximum absolute atomic E-state index is 12.6. The molecule has 0 spiro atoms. The van der Waals surface area contributed by atoms with Crippen LogP contribution >= 0.6 is 11.6 Å². The van der Waals surface area contributed by atoms with Gasteiger partial charge in [0.2, 0.25) is 0 Å². The Morgan fingerprint density at radius 1 is 1.03 bits per heavy atom. The molecule has 1 saturated heterocycles. The molecular formula is C23H27ClN6O. The van der Waals surface area contributed by atoms with Crippen LogP contribution in [0.15, 0.2) is 54.6 Å². The largest absolute Gasteiger partial charge is 0.369 e. The average Bonchev–Trinajstić information content (AvgIpc) is 3.19. The summed E-state index contributed by atoms with van der Waals surface area (Å²) in [6.45, 7) is 7.55. The first-order chi connectivity index (χ1) is 15.1. The molecule has 0 bridgehead atoms. The second-order valence-electron chi connectivity index (χ2n) is 7.69. The normalized spacial score (nSPS) is 14.6. The van der Waals surface area contributed by atoms with Crippen LogP contribution in [0.5, 0.6) is 0 Å². The molecule has 1 N–H and O–H groups in total. The number of nitrogens with one attached hydrogen (secondary N) is 1. The lowest BCUT2D eigenvalue weighted by atomic mass is 10.2. The number of para-hydroxylation sites is 1. The molecule has 0 unspecified atom stereocenters. The molecule has 4 rings (SSSR count). The second kappa shape index (κ2) is 9.94. The summed E-state index contributed by atoms with van der Waals surface area (Å²) >= 11 is 6.06. The number of aromatic nitrogens is 3. The molecule has 1 amide bonds. The second-order valence-corrected chi connectivity index (χ2v) is 8.13. The number of hydrogen-bond donors (Lipinski definition) is 1. The molecule has 2 aromatic carbocycles. The van der Waals surface area contributed by atoms with E-state index >= 15 is 0 Å². The predicted molar refractivity (Wildman–Crippen MR) is 123 cm³/mol. The van der Waals surface area contributed by atoms with Gasteiger partial charge in [0.25, 0.3) is 5.91 Å². The van der Waals surface area contributed by atoms with Gasteiger partial charge in [-0.1, -0.05) is 41.1 Å². The van der Waals surface area contributed by atoms with E-state index in [0.717, 1.165) is 44.8 Å². The first-order valence-electron chi connectivity index (χ1n) is 10.6. The van der Waals surface area contributed by atoms with Gasteiger partial charge in [-0.2, -0.15) is 0 Å². The molecule has 31 heavy (non-hydrogen) atoms. The third-order valence-electron chi connectivity index (χ3n) is 5.59.